The van der Waals surface area contributed by atoms with E-state index in [9.17, 15) is 4.79 Å². The van der Waals surface area contributed by atoms with Crippen LogP contribution in [0.15, 0.2) is 48.5 Å². The van der Waals surface area contributed by atoms with Crippen LogP contribution in [0.2, 0.25) is 0 Å². The lowest BCUT2D eigenvalue weighted by Gasteiger charge is -2.38. The fourth-order valence-electron chi connectivity index (χ4n) is 3.49. The van der Waals surface area contributed by atoms with Crippen LogP contribution in [0.3, 0.4) is 0 Å². The molecule has 0 fully saturated rings. The molecule has 4 heteroatoms. The Bertz CT molecular complexity index is 782. The van der Waals surface area contributed by atoms with Crippen LogP contribution in [0.5, 0.6) is 11.5 Å². The Hall–Kier alpha value is -2.49. The van der Waals surface area contributed by atoms with Crippen LogP contribution in [0, 0.1) is 0 Å². The normalized spacial score (nSPS) is 18.7. The fourth-order valence-corrected chi connectivity index (χ4v) is 3.49. The number of carbonyl (C=O) groups is 1. The van der Waals surface area contributed by atoms with Crippen molar-refractivity contribution in [1.82, 2.24) is 5.32 Å². The van der Waals surface area contributed by atoms with Crippen molar-refractivity contribution in [2.75, 3.05) is 0 Å². The molecule has 4 nitrogen and oxygen atoms in total. The molecule has 0 radical (unpaired) electrons. The van der Waals surface area contributed by atoms with Gasteiger partial charge in [-0.25, -0.2) is 0 Å². The molecule has 0 aliphatic carbocycles. The third-order valence-corrected chi connectivity index (χ3v) is 4.97. The van der Waals surface area contributed by atoms with Crippen molar-refractivity contribution in [3.8, 4) is 11.5 Å². The van der Waals surface area contributed by atoms with E-state index in [1.807, 2.05) is 69.3 Å². The first-order valence-corrected chi connectivity index (χ1v) is 9.75. The molecule has 1 heterocycles. The molecule has 2 atom stereocenters. The van der Waals surface area contributed by atoms with Crippen molar-refractivity contribution in [2.24, 2.45) is 0 Å². The molecule has 0 unspecified atom stereocenters. The van der Waals surface area contributed by atoms with Crippen LogP contribution in [0.1, 0.15) is 57.7 Å². The summed E-state index contributed by atoms with van der Waals surface area (Å²) in [6.45, 7) is 8.17. The highest BCUT2D eigenvalue weighted by atomic mass is 16.5. The van der Waals surface area contributed by atoms with Gasteiger partial charge in [-0.15, -0.1) is 0 Å². The van der Waals surface area contributed by atoms with Crippen molar-refractivity contribution in [3.63, 3.8) is 0 Å². The number of para-hydroxylation sites is 1. The molecule has 0 saturated carbocycles. The first-order chi connectivity index (χ1) is 12.9. The Labute approximate surface area is 161 Å². The van der Waals surface area contributed by atoms with Gasteiger partial charge in [0, 0.05) is 12.0 Å². The Kier molecular flexibility index (Phi) is 5.73. The average Bonchev–Trinajstić information content (AvgIpc) is 2.65. The van der Waals surface area contributed by atoms with Gasteiger partial charge in [-0.05, 0) is 50.5 Å². The number of carbonyl (C=O) groups excluding carboxylic acids is 1. The molecule has 144 valence electrons. The molecule has 2 aromatic carbocycles. The van der Waals surface area contributed by atoms with Crippen LogP contribution in [0.4, 0.5) is 0 Å². The van der Waals surface area contributed by atoms with E-state index in [4.69, 9.17) is 9.47 Å². The summed E-state index contributed by atoms with van der Waals surface area (Å²) in [6, 6.07) is 15.8. The van der Waals surface area contributed by atoms with E-state index >= 15 is 0 Å². The fraction of sp³-hybridized carbons (Fsp3) is 0.435. The van der Waals surface area contributed by atoms with Crippen LogP contribution in [-0.2, 0) is 11.2 Å². The van der Waals surface area contributed by atoms with Crippen molar-refractivity contribution in [2.45, 2.75) is 64.7 Å². The van der Waals surface area contributed by atoms with E-state index in [1.54, 1.807) is 0 Å². The molecular weight excluding hydrogens is 338 g/mol. The SMILES string of the molecule is CCc1ccc(O[C@H](CC)C(=O)N[C@@H]2CC(C)(C)Oc3ccccc32)cc1. The monoisotopic (exact) mass is 367 g/mol. The summed E-state index contributed by atoms with van der Waals surface area (Å²) < 4.78 is 12.0. The highest BCUT2D eigenvalue weighted by Crippen LogP contribution is 2.39. The quantitative estimate of drug-likeness (QED) is 0.796. The summed E-state index contributed by atoms with van der Waals surface area (Å²) in [7, 11) is 0. The molecule has 0 saturated heterocycles. The zero-order valence-corrected chi connectivity index (χ0v) is 16.6. The first-order valence-electron chi connectivity index (χ1n) is 9.75. The number of ether oxygens (including phenoxy) is 2. The van der Waals surface area contributed by atoms with Gasteiger partial charge < -0.3 is 14.8 Å². The second-order valence-electron chi connectivity index (χ2n) is 7.68. The highest BCUT2D eigenvalue weighted by Gasteiger charge is 2.35. The Balaban J connectivity index is 1.72. The zero-order chi connectivity index (χ0) is 19.4. The highest BCUT2D eigenvalue weighted by molar-refractivity contribution is 5.81. The minimum Gasteiger partial charge on any atom is -0.487 e. The maximum absolute atomic E-state index is 12.9. The summed E-state index contributed by atoms with van der Waals surface area (Å²) in [5.41, 5.74) is 1.94. The summed E-state index contributed by atoms with van der Waals surface area (Å²) >= 11 is 0. The predicted molar refractivity (Wildman–Crippen MR) is 107 cm³/mol. The van der Waals surface area contributed by atoms with Gasteiger partial charge in [-0.2, -0.15) is 0 Å². The molecular formula is C23H29NO3. The second kappa shape index (κ2) is 8.03. The minimum absolute atomic E-state index is 0.0856. The number of rotatable bonds is 6. The van der Waals surface area contributed by atoms with Crippen molar-refractivity contribution in [1.29, 1.82) is 0 Å². The summed E-state index contributed by atoms with van der Waals surface area (Å²) in [4.78, 5) is 12.9. The topological polar surface area (TPSA) is 47.6 Å². The maximum Gasteiger partial charge on any atom is 0.261 e. The van der Waals surface area contributed by atoms with Gasteiger partial charge in [0.25, 0.3) is 5.91 Å². The number of hydrogen-bond acceptors (Lipinski definition) is 3. The van der Waals surface area contributed by atoms with Crippen LogP contribution < -0.4 is 14.8 Å². The Morgan fingerprint density at radius 2 is 1.89 bits per heavy atom. The smallest absolute Gasteiger partial charge is 0.261 e. The van der Waals surface area contributed by atoms with Crippen molar-refractivity contribution in [3.05, 3.63) is 59.7 Å². The van der Waals surface area contributed by atoms with Gasteiger partial charge in [-0.1, -0.05) is 44.2 Å². The van der Waals surface area contributed by atoms with E-state index in [0.717, 1.165) is 29.9 Å². The molecule has 0 aromatic heterocycles. The predicted octanol–water partition coefficient (Wildman–Crippen LogP) is 4.83. The minimum atomic E-state index is -0.518. The molecule has 27 heavy (non-hydrogen) atoms. The first kappa shape index (κ1) is 19.3. The number of hydrogen-bond donors (Lipinski definition) is 1. The second-order valence-corrected chi connectivity index (χ2v) is 7.68. The molecule has 1 amide bonds. The van der Waals surface area contributed by atoms with Gasteiger partial charge in [0.15, 0.2) is 6.10 Å². The lowest BCUT2D eigenvalue weighted by molar-refractivity contribution is -0.129. The summed E-state index contributed by atoms with van der Waals surface area (Å²) in [6.07, 6.45) is 1.79. The van der Waals surface area contributed by atoms with E-state index < -0.39 is 6.10 Å². The molecule has 1 aliphatic heterocycles. The van der Waals surface area contributed by atoms with Gasteiger partial charge in [-0.3, -0.25) is 4.79 Å². The standard InChI is InChI=1S/C23H29NO3/c1-5-16-11-13-17(14-12-16)26-20(6-2)22(25)24-19-15-23(3,4)27-21-10-8-7-9-18(19)21/h7-14,19-20H,5-6,15H2,1-4H3,(H,24,25)/t19-,20-/m1/s1. The van der Waals surface area contributed by atoms with Crippen molar-refractivity contribution >= 4 is 5.91 Å². The largest absolute Gasteiger partial charge is 0.487 e. The Morgan fingerprint density at radius 3 is 2.56 bits per heavy atom. The lowest BCUT2D eigenvalue weighted by atomic mass is 9.89. The van der Waals surface area contributed by atoms with Gasteiger partial charge in [0.05, 0.1) is 6.04 Å². The number of fused-ring (bicyclic) bond motifs is 1. The van der Waals surface area contributed by atoms with Crippen LogP contribution in [0.25, 0.3) is 0 Å². The van der Waals surface area contributed by atoms with E-state index in [2.05, 4.69) is 12.2 Å². The molecule has 2 aromatic rings. The van der Waals surface area contributed by atoms with Gasteiger partial charge in [0.2, 0.25) is 0 Å². The number of benzene rings is 2. The molecule has 0 spiro atoms. The summed E-state index contributed by atoms with van der Waals surface area (Å²) in [5.74, 6) is 1.47. The molecule has 3 rings (SSSR count). The number of aryl methyl sites for hydroxylation is 1. The van der Waals surface area contributed by atoms with Crippen LogP contribution >= 0.6 is 0 Å². The van der Waals surface area contributed by atoms with Gasteiger partial charge >= 0.3 is 0 Å². The lowest BCUT2D eigenvalue weighted by Crippen LogP contribution is -2.45. The summed E-state index contributed by atoms with van der Waals surface area (Å²) in [5, 5.41) is 3.18. The van der Waals surface area contributed by atoms with E-state index in [-0.39, 0.29) is 17.6 Å². The zero-order valence-electron chi connectivity index (χ0n) is 16.6. The number of amides is 1. The third-order valence-electron chi connectivity index (χ3n) is 4.97. The molecule has 1 N–H and O–H groups in total. The van der Waals surface area contributed by atoms with E-state index in [1.165, 1.54) is 5.56 Å². The van der Waals surface area contributed by atoms with Gasteiger partial charge in [0.1, 0.15) is 17.1 Å². The number of nitrogens with one attached hydrogen (secondary N) is 1. The van der Waals surface area contributed by atoms with Crippen LogP contribution in [-0.4, -0.2) is 17.6 Å². The third kappa shape index (κ3) is 4.62. The average molecular weight is 367 g/mol. The molecule has 1 aliphatic rings. The maximum atomic E-state index is 12.9. The van der Waals surface area contributed by atoms with Crippen molar-refractivity contribution < 1.29 is 14.3 Å². The van der Waals surface area contributed by atoms with E-state index in [0.29, 0.717) is 6.42 Å². The molecule has 0 bridgehead atoms. The Morgan fingerprint density at radius 1 is 1.19 bits per heavy atom.